The van der Waals surface area contributed by atoms with Gasteiger partial charge in [-0.3, -0.25) is 4.18 Å². The quantitative estimate of drug-likeness (QED) is 0.107. The molecule has 0 spiro atoms. The standard InChI is InChI=1S/C30H46O5S/c1-36(31,32)33-26-17-12-10-8-6-4-2-3-5-7-9-11-16-24-30-25-18-21-28(34-30)29(35-30)23-22-27-19-14-13-15-20-27/h13-15,18-23,28-29H,2-12,16-17,24-26H2,1H3/b23-22+/t28-,29-,30+/m1/s1. The van der Waals surface area contributed by atoms with Crippen LogP contribution in [0.4, 0.5) is 0 Å². The van der Waals surface area contributed by atoms with Crippen molar-refractivity contribution in [3.8, 4) is 0 Å². The minimum Gasteiger partial charge on any atom is -0.339 e. The zero-order valence-corrected chi connectivity index (χ0v) is 22.9. The van der Waals surface area contributed by atoms with Crippen LogP contribution in [0.5, 0.6) is 0 Å². The summed E-state index contributed by atoms with van der Waals surface area (Å²) in [6.45, 7) is 0.323. The van der Waals surface area contributed by atoms with Crippen molar-refractivity contribution in [2.75, 3.05) is 12.9 Å². The van der Waals surface area contributed by atoms with Crippen LogP contribution >= 0.6 is 0 Å². The summed E-state index contributed by atoms with van der Waals surface area (Å²) in [5, 5.41) is 0. The van der Waals surface area contributed by atoms with Gasteiger partial charge in [0.2, 0.25) is 0 Å². The van der Waals surface area contributed by atoms with Crippen molar-refractivity contribution in [3.63, 3.8) is 0 Å². The molecular formula is C30H46O5S. The SMILES string of the molecule is CS(=O)(=O)OCCCCCCCCCCCCCCC[C@]12CC=C[C@@H](O1)[C@@H](/C=C/c1ccccc1)O2. The average Bonchev–Trinajstić information content (AvgIpc) is 3.11. The molecule has 36 heavy (non-hydrogen) atoms. The van der Waals surface area contributed by atoms with Crippen LogP contribution in [0.15, 0.2) is 48.6 Å². The van der Waals surface area contributed by atoms with Gasteiger partial charge in [0.15, 0.2) is 5.79 Å². The van der Waals surface area contributed by atoms with Gasteiger partial charge in [0.05, 0.1) is 12.9 Å². The minimum absolute atomic E-state index is 0.00199. The summed E-state index contributed by atoms with van der Waals surface area (Å²) in [7, 11) is -3.28. The van der Waals surface area contributed by atoms with Crippen molar-refractivity contribution in [1.29, 1.82) is 0 Å². The molecule has 3 rings (SSSR count). The molecule has 1 saturated heterocycles. The topological polar surface area (TPSA) is 61.8 Å². The summed E-state index contributed by atoms with van der Waals surface area (Å²) in [6, 6.07) is 10.4. The number of benzene rings is 1. The van der Waals surface area contributed by atoms with Crippen molar-refractivity contribution >= 4 is 16.2 Å². The first-order valence-corrected chi connectivity index (χ1v) is 15.9. The van der Waals surface area contributed by atoms with Crippen LogP contribution in [0.2, 0.25) is 0 Å². The Hall–Kier alpha value is -1.47. The molecule has 0 unspecified atom stereocenters. The fraction of sp³-hybridized carbons (Fsp3) is 0.667. The molecule has 6 heteroatoms. The van der Waals surface area contributed by atoms with E-state index in [2.05, 4.69) is 48.6 Å². The molecule has 2 aliphatic heterocycles. The van der Waals surface area contributed by atoms with Crippen molar-refractivity contribution in [1.82, 2.24) is 0 Å². The predicted octanol–water partition coefficient (Wildman–Crippen LogP) is 7.58. The van der Waals surface area contributed by atoms with Crippen LogP contribution in [0, 0.1) is 0 Å². The molecule has 0 aliphatic carbocycles. The molecule has 2 bridgehead atoms. The van der Waals surface area contributed by atoms with E-state index in [-0.39, 0.29) is 12.2 Å². The highest BCUT2D eigenvalue weighted by molar-refractivity contribution is 7.85. The number of rotatable bonds is 19. The van der Waals surface area contributed by atoms with Crippen molar-refractivity contribution in [3.05, 3.63) is 54.1 Å². The van der Waals surface area contributed by atoms with Crippen LogP contribution in [0.3, 0.4) is 0 Å². The molecule has 1 fully saturated rings. The van der Waals surface area contributed by atoms with Crippen molar-refractivity contribution < 1.29 is 22.1 Å². The van der Waals surface area contributed by atoms with E-state index in [1.807, 2.05) is 6.07 Å². The third-order valence-electron chi connectivity index (χ3n) is 7.06. The molecular weight excluding hydrogens is 472 g/mol. The van der Waals surface area contributed by atoms with Gasteiger partial charge in [0.25, 0.3) is 10.1 Å². The first-order chi connectivity index (χ1) is 17.5. The predicted molar refractivity (Wildman–Crippen MR) is 147 cm³/mol. The first-order valence-electron chi connectivity index (χ1n) is 14.1. The highest BCUT2D eigenvalue weighted by Gasteiger charge is 2.46. The van der Waals surface area contributed by atoms with Gasteiger partial charge in [-0.15, -0.1) is 0 Å². The van der Waals surface area contributed by atoms with E-state index in [1.165, 1.54) is 69.8 Å². The van der Waals surface area contributed by atoms with Crippen molar-refractivity contribution in [2.24, 2.45) is 0 Å². The van der Waals surface area contributed by atoms with Crippen LogP contribution in [0.25, 0.3) is 6.08 Å². The second kappa shape index (κ2) is 15.7. The number of fused-ring (bicyclic) bond motifs is 2. The van der Waals surface area contributed by atoms with E-state index in [4.69, 9.17) is 13.7 Å². The van der Waals surface area contributed by atoms with Gasteiger partial charge in [0, 0.05) is 12.8 Å². The van der Waals surface area contributed by atoms with E-state index < -0.39 is 15.9 Å². The van der Waals surface area contributed by atoms with Crippen LogP contribution in [0.1, 0.15) is 102 Å². The molecule has 0 N–H and O–H groups in total. The van der Waals surface area contributed by atoms with E-state index in [9.17, 15) is 8.42 Å². The third kappa shape index (κ3) is 11.3. The maximum atomic E-state index is 10.9. The fourth-order valence-corrected chi connectivity index (χ4v) is 5.50. The number of unbranched alkanes of at least 4 members (excludes halogenated alkanes) is 12. The lowest BCUT2D eigenvalue weighted by Crippen LogP contribution is -2.32. The second-order valence-electron chi connectivity index (χ2n) is 10.3. The lowest BCUT2D eigenvalue weighted by molar-refractivity contribution is -0.175. The molecule has 1 aromatic rings. The van der Waals surface area contributed by atoms with Gasteiger partial charge < -0.3 is 9.47 Å². The van der Waals surface area contributed by atoms with E-state index in [0.717, 1.165) is 38.4 Å². The molecule has 2 aliphatic rings. The molecule has 0 aromatic heterocycles. The van der Waals surface area contributed by atoms with Gasteiger partial charge in [-0.2, -0.15) is 8.42 Å². The number of hydrogen-bond acceptors (Lipinski definition) is 5. The van der Waals surface area contributed by atoms with Crippen LogP contribution in [-0.2, 0) is 23.8 Å². The van der Waals surface area contributed by atoms with E-state index in [1.54, 1.807) is 0 Å². The van der Waals surface area contributed by atoms with E-state index >= 15 is 0 Å². The fourth-order valence-electron chi connectivity index (χ4n) is 5.07. The molecule has 2 heterocycles. The summed E-state index contributed by atoms with van der Waals surface area (Å²) in [4.78, 5) is 0. The Morgan fingerprint density at radius 3 is 2.06 bits per heavy atom. The van der Waals surface area contributed by atoms with Gasteiger partial charge in [-0.05, 0) is 18.4 Å². The Morgan fingerprint density at radius 2 is 1.44 bits per heavy atom. The summed E-state index contributed by atoms with van der Waals surface area (Å²) in [5.74, 6) is -0.425. The molecule has 202 valence electrons. The van der Waals surface area contributed by atoms with Crippen LogP contribution in [-0.4, -0.2) is 39.3 Å². The van der Waals surface area contributed by atoms with Gasteiger partial charge in [-0.25, -0.2) is 0 Å². The summed E-state index contributed by atoms with van der Waals surface area (Å²) < 4.78 is 39.3. The lowest BCUT2D eigenvalue weighted by Gasteiger charge is -2.28. The lowest BCUT2D eigenvalue weighted by atomic mass is 10.0. The van der Waals surface area contributed by atoms with Gasteiger partial charge >= 0.3 is 0 Å². The Kier molecular flexibility index (Phi) is 12.7. The Labute approximate surface area is 219 Å². The highest BCUT2D eigenvalue weighted by Crippen LogP contribution is 2.40. The zero-order chi connectivity index (χ0) is 25.5. The normalized spacial score (nSPS) is 23.6. The summed E-state index contributed by atoms with van der Waals surface area (Å²) >= 11 is 0. The van der Waals surface area contributed by atoms with E-state index in [0.29, 0.717) is 6.61 Å². The summed E-state index contributed by atoms with van der Waals surface area (Å²) in [5.41, 5.74) is 1.19. The molecule has 0 saturated carbocycles. The largest absolute Gasteiger partial charge is 0.339 e. The smallest absolute Gasteiger partial charge is 0.264 e. The molecule has 3 atom stereocenters. The molecule has 1 aromatic carbocycles. The average molecular weight is 519 g/mol. The number of ether oxygens (including phenoxy) is 2. The van der Waals surface area contributed by atoms with Gasteiger partial charge in [-0.1, -0.05) is 125 Å². The van der Waals surface area contributed by atoms with Crippen LogP contribution < -0.4 is 0 Å². The molecule has 0 radical (unpaired) electrons. The van der Waals surface area contributed by atoms with Crippen molar-refractivity contribution in [2.45, 2.75) is 114 Å². The summed E-state index contributed by atoms with van der Waals surface area (Å²) in [6.07, 6.45) is 27.5. The Balaban J connectivity index is 1.15. The first kappa shape index (κ1) is 29.1. The Morgan fingerprint density at radius 1 is 0.861 bits per heavy atom. The Bertz CT molecular complexity index is 895. The highest BCUT2D eigenvalue weighted by atomic mass is 32.2. The minimum atomic E-state index is -3.28. The molecule has 5 nitrogen and oxygen atoms in total. The third-order valence-corrected chi connectivity index (χ3v) is 7.65. The maximum Gasteiger partial charge on any atom is 0.264 e. The number of hydrogen-bond donors (Lipinski definition) is 0. The zero-order valence-electron chi connectivity index (χ0n) is 22.1. The van der Waals surface area contributed by atoms with Gasteiger partial charge in [0.1, 0.15) is 12.2 Å². The monoisotopic (exact) mass is 518 g/mol. The second-order valence-corrected chi connectivity index (χ2v) is 12.0. The molecule has 0 amide bonds. The maximum absolute atomic E-state index is 10.9.